The van der Waals surface area contributed by atoms with Crippen LogP contribution in [0.5, 0.6) is 0 Å². The molecule has 25 heavy (non-hydrogen) atoms. The fourth-order valence-electron chi connectivity index (χ4n) is 2.26. The van der Waals surface area contributed by atoms with E-state index in [-0.39, 0.29) is 18.9 Å². The molecule has 1 N–H and O–H groups in total. The minimum absolute atomic E-state index is 0.173. The molecule has 0 aliphatic heterocycles. The number of alkyl halides is 3. The van der Waals surface area contributed by atoms with Gasteiger partial charge in [0.05, 0.1) is 18.7 Å². The molecule has 136 valence electrons. The van der Waals surface area contributed by atoms with Gasteiger partial charge in [0.2, 0.25) is 5.91 Å². The van der Waals surface area contributed by atoms with Crippen molar-refractivity contribution in [2.45, 2.75) is 19.0 Å². The lowest BCUT2D eigenvalue weighted by Crippen LogP contribution is -2.34. The van der Waals surface area contributed by atoms with Gasteiger partial charge >= 0.3 is 6.18 Å². The molecule has 1 amide bonds. The van der Waals surface area contributed by atoms with E-state index in [1.165, 1.54) is 23.0 Å². The third kappa shape index (κ3) is 6.87. The zero-order valence-electron chi connectivity index (χ0n) is 13.7. The molecule has 2 rings (SSSR count). The zero-order valence-corrected chi connectivity index (χ0v) is 13.7. The quantitative estimate of drug-likeness (QED) is 0.720. The van der Waals surface area contributed by atoms with Gasteiger partial charge in [0.25, 0.3) is 0 Å². The van der Waals surface area contributed by atoms with Gasteiger partial charge in [-0.25, -0.2) is 4.68 Å². The molecule has 0 aliphatic rings. The lowest BCUT2D eigenvalue weighted by molar-refractivity contribution is -0.143. The van der Waals surface area contributed by atoms with E-state index in [2.05, 4.69) is 20.8 Å². The highest BCUT2D eigenvalue weighted by atomic mass is 19.4. The van der Waals surface area contributed by atoms with Crippen LogP contribution in [0.15, 0.2) is 30.6 Å². The number of aromatic nitrogens is 4. The number of nitrogens with zero attached hydrogens (tertiary/aromatic N) is 5. The van der Waals surface area contributed by atoms with Crippen LogP contribution < -0.4 is 5.32 Å². The minimum Gasteiger partial charge on any atom is -0.356 e. The summed E-state index contributed by atoms with van der Waals surface area (Å²) in [6, 6.07) is 7.19. The van der Waals surface area contributed by atoms with Crippen LogP contribution in [-0.4, -0.2) is 63.9 Å². The van der Waals surface area contributed by atoms with Crippen LogP contribution in [0.2, 0.25) is 0 Å². The fraction of sp³-hybridized carbons (Fsp3) is 0.467. The monoisotopic (exact) mass is 356 g/mol. The lowest BCUT2D eigenvalue weighted by atomic mass is 10.1. The molecule has 7 nitrogen and oxygen atoms in total. The lowest BCUT2D eigenvalue weighted by Gasteiger charge is -2.18. The number of benzene rings is 1. The first-order valence-electron chi connectivity index (χ1n) is 7.68. The molecule has 0 saturated carbocycles. The van der Waals surface area contributed by atoms with E-state index in [0.29, 0.717) is 13.0 Å². The van der Waals surface area contributed by atoms with Crippen LogP contribution in [0, 0.1) is 0 Å². The number of tetrazole rings is 1. The number of carbonyl (C=O) groups is 1. The Morgan fingerprint density at radius 2 is 2.00 bits per heavy atom. The van der Waals surface area contributed by atoms with Crippen molar-refractivity contribution in [3.63, 3.8) is 0 Å². The van der Waals surface area contributed by atoms with Crippen LogP contribution in [0.3, 0.4) is 0 Å². The molecule has 2 aromatic rings. The van der Waals surface area contributed by atoms with Gasteiger partial charge in [0, 0.05) is 6.54 Å². The molecule has 1 aromatic carbocycles. The number of halogens is 3. The smallest absolute Gasteiger partial charge is 0.356 e. The first kappa shape index (κ1) is 18.8. The number of hydrogen-bond donors (Lipinski definition) is 1. The largest absolute Gasteiger partial charge is 0.401 e. The highest BCUT2D eigenvalue weighted by Gasteiger charge is 2.28. The molecule has 0 atom stereocenters. The average Bonchev–Trinajstić information content (AvgIpc) is 3.05. The maximum absolute atomic E-state index is 12.2. The molecule has 0 fully saturated rings. The highest BCUT2D eigenvalue weighted by Crippen LogP contribution is 2.15. The molecule has 1 heterocycles. The third-order valence-corrected chi connectivity index (χ3v) is 3.40. The first-order valence-corrected chi connectivity index (χ1v) is 7.68. The Morgan fingerprint density at radius 1 is 1.28 bits per heavy atom. The maximum Gasteiger partial charge on any atom is 0.401 e. The standard InChI is InChI=1S/C15H19F3N6O/c1-23(10-15(16,17)18)8-2-7-19-14(25)9-12-3-5-13(6-4-12)24-11-20-21-22-24/h3-6,11H,2,7-10H2,1H3,(H,19,25). The van der Waals surface area contributed by atoms with Crippen molar-refractivity contribution in [3.8, 4) is 5.69 Å². The zero-order chi connectivity index (χ0) is 18.3. The molecule has 1 aromatic heterocycles. The fourth-order valence-corrected chi connectivity index (χ4v) is 2.26. The predicted molar refractivity (Wildman–Crippen MR) is 84.0 cm³/mol. The van der Waals surface area contributed by atoms with Crippen LogP contribution in [0.1, 0.15) is 12.0 Å². The van der Waals surface area contributed by atoms with Crippen molar-refractivity contribution in [3.05, 3.63) is 36.2 Å². The van der Waals surface area contributed by atoms with Crippen molar-refractivity contribution in [1.29, 1.82) is 0 Å². The van der Waals surface area contributed by atoms with E-state index >= 15 is 0 Å². The number of amides is 1. The summed E-state index contributed by atoms with van der Waals surface area (Å²) in [4.78, 5) is 13.0. The molecule has 0 aliphatic carbocycles. The van der Waals surface area contributed by atoms with Crippen molar-refractivity contribution >= 4 is 5.91 Å². The van der Waals surface area contributed by atoms with Crippen molar-refractivity contribution < 1.29 is 18.0 Å². The van der Waals surface area contributed by atoms with Gasteiger partial charge in [-0.15, -0.1) is 5.10 Å². The summed E-state index contributed by atoms with van der Waals surface area (Å²) in [5, 5.41) is 13.6. The van der Waals surface area contributed by atoms with Gasteiger partial charge in [-0.2, -0.15) is 13.2 Å². The summed E-state index contributed by atoms with van der Waals surface area (Å²) in [5.74, 6) is -0.173. The molecular weight excluding hydrogens is 337 g/mol. The number of rotatable bonds is 8. The van der Waals surface area contributed by atoms with Crippen LogP contribution in [0.4, 0.5) is 13.2 Å². The van der Waals surface area contributed by atoms with Crippen LogP contribution in [-0.2, 0) is 11.2 Å². The molecule has 0 spiro atoms. The Balaban J connectivity index is 1.68. The summed E-state index contributed by atoms with van der Waals surface area (Å²) in [6.45, 7) is -0.348. The highest BCUT2D eigenvalue weighted by molar-refractivity contribution is 5.78. The Hall–Kier alpha value is -2.49. The van der Waals surface area contributed by atoms with E-state index in [0.717, 1.165) is 11.3 Å². The topological polar surface area (TPSA) is 75.9 Å². The molecule has 0 unspecified atom stereocenters. The van der Waals surface area contributed by atoms with Crippen LogP contribution >= 0.6 is 0 Å². The summed E-state index contributed by atoms with van der Waals surface area (Å²) >= 11 is 0. The van der Waals surface area contributed by atoms with Gasteiger partial charge in [0.15, 0.2) is 0 Å². The van der Waals surface area contributed by atoms with E-state index in [1.807, 2.05) is 0 Å². The Kier molecular flexibility index (Phi) is 6.45. The second kappa shape index (κ2) is 8.56. The molecule has 0 radical (unpaired) electrons. The predicted octanol–water partition coefficient (Wildman–Crippen LogP) is 1.21. The van der Waals surface area contributed by atoms with Crippen molar-refractivity contribution in [2.75, 3.05) is 26.7 Å². The Bertz CT molecular complexity index is 657. The molecule has 0 bridgehead atoms. The van der Waals surface area contributed by atoms with Gasteiger partial charge in [-0.3, -0.25) is 9.69 Å². The van der Waals surface area contributed by atoms with E-state index < -0.39 is 12.7 Å². The average molecular weight is 356 g/mol. The Morgan fingerprint density at radius 3 is 2.60 bits per heavy atom. The number of carbonyl (C=O) groups excluding carboxylic acids is 1. The van der Waals surface area contributed by atoms with Crippen molar-refractivity contribution in [2.24, 2.45) is 0 Å². The van der Waals surface area contributed by atoms with Crippen LogP contribution in [0.25, 0.3) is 5.69 Å². The molecule has 0 saturated heterocycles. The summed E-state index contributed by atoms with van der Waals surface area (Å²) in [5.41, 5.74) is 1.60. The summed E-state index contributed by atoms with van der Waals surface area (Å²) in [6.07, 6.45) is -2.07. The minimum atomic E-state index is -4.20. The van der Waals surface area contributed by atoms with Gasteiger partial charge in [-0.1, -0.05) is 12.1 Å². The Labute approximate surface area is 142 Å². The normalized spacial score (nSPS) is 11.7. The first-order chi connectivity index (χ1) is 11.8. The second-order valence-corrected chi connectivity index (χ2v) is 5.65. The van der Waals surface area contributed by atoms with Gasteiger partial charge in [-0.05, 0) is 48.1 Å². The maximum atomic E-state index is 12.2. The second-order valence-electron chi connectivity index (χ2n) is 5.65. The van der Waals surface area contributed by atoms with E-state index in [1.54, 1.807) is 24.3 Å². The number of hydrogen-bond acceptors (Lipinski definition) is 5. The molecule has 10 heteroatoms. The van der Waals surface area contributed by atoms with Crippen molar-refractivity contribution in [1.82, 2.24) is 30.4 Å². The number of nitrogens with one attached hydrogen (secondary N) is 1. The van der Waals surface area contributed by atoms with Gasteiger partial charge < -0.3 is 5.32 Å². The van der Waals surface area contributed by atoms with Gasteiger partial charge in [0.1, 0.15) is 6.33 Å². The summed E-state index contributed by atoms with van der Waals surface area (Å²) < 4.78 is 38.0. The summed E-state index contributed by atoms with van der Waals surface area (Å²) in [7, 11) is 1.40. The SMILES string of the molecule is CN(CCCNC(=O)Cc1ccc(-n2cnnn2)cc1)CC(F)(F)F. The molecular formula is C15H19F3N6O. The van der Waals surface area contributed by atoms with E-state index in [4.69, 9.17) is 0 Å². The third-order valence-electron chi connectivity index (χ3n) is 3.40. The van der Waals surface area contributed by atoms with E-state index in [9.17, 15) is 18.0 Å².